The summed E-state index contributed by atoms with van der Waals surface area (Å²) in [4.78, 5) is 11.1. The summed E-state index contributed by atoms with van der Waals surface area (Å²) in [6.07, 6.45) is 1.27. The smallest absolute Gasteiger partial charge is 0.306 e. The zero-order valence-corrected chi connectivity index (χ0v) is 10.9. The second-order valence-corrected chi connectivity index (χ2v) is 4.47. The predicted octanol–water partition coefficient (Wildman–Crippen LogP) is 2.51. The highest BCUT2D eigenvalue weighted by Crippen LogP contribution is 2.34. The molecule has 2 atom stereocenters. The third-order valence-electron chi connectivity index (χ3n) is 3.41. The zero-order valence-electron chi connectivity index (χ0n) is 10.9. The Labute approximate surface area is 107 Å². The Morgan fingerprint density at radius 2 is 2.00 bits per heavy atom. The summed E-state index contributed by atoms with van der Waals surface area (Å²) in [5, 5.41) is 0. The fraction of sp³-hybridized carbons (Fsp3) is 0.500. The molecule has 4 heteroatoms. The minimum absolute atomic E-state index is 0.0319. The van der Waals surface area contributed by atoms with Gasteiger partial charge in [0, 0.05) is 12.3 Å². The first-order valence-electron chi connectivity index (χ1n) is 6.07. The molecule has 1 aromatic carbocycles. The van der Waals surface area contributed by atoms with Gasteiger partial charge in [-0.25, -0.2) is 0 Å². The fourth-order valence-electron chi connectivity index (χ4n) is 2.25. The first kappa shape index (κ1) is 12.7. The lowest BCUT2D eigenvalue weighted by Gasteiger charge is -2.19. The molecule has 0 unspecified atom stereocenters. The molecule has 0 radical (unpaired) electrons. The van der Waals surface area contributed by atoms with Gasteiger partial charge in [0.05, 0.1) is 14.2 Å². The van der Waals surface area contributed by atoms with E-state index in [2.05, 4.69) is 6.92 Å². The van der Waals surface area contributed by atoms with Gasteiger partial charge in [-0.1, -0.05) is 13.0 Å². The van der Waals surface area contributed by atoms with Crippen molar-refractivity contribution in [3.63, 3.8) is 0 Å². The normalized spacial score (nSPS) is 20.4. The average molecular weight is 250 g/mol. The van der Waals surface area contributed by atoms with E-state index in [4.69, 9.17) is 14.2 Å². The molecule has 1 fully saturated rings. The maximum atomic E-state index is 11.1. The second-order valence-electron chi connectivity index (χ2n) is 4.47. The molecule has 0 spiro atoms. The molecule has 0 aromatic heterocycles. The Bertz CT molecular complexity index is 441. The van der Waals surface area contributed by atoms with E-state index >= 15 is 0 Å². The van der Waals surface area contributed by atoms with Crippen LogP contribution >= 0.6 is 0 Å². The number of cyclic esters (lactones) is 1. The SMILES string of the molecule is COc1ccc([C@@H](C)[C@H]2CCC(=O)O2)cc1OC. The van der Waals surface area contributed by atoms with E-state index in [1.165, 1.54) is 0 Å². The fourth-order valence-corrected chi connectivity index (χ4v) is 2.25. The van der Waals surface area contributed by atoms with Gasteiger partial charge in [-0.05, 0) is 24.1 Å². The van der Waals surface area contributed by atoms with E-state index in [-0.39, 0.29) is 18.0 Å². The molecular formula is C14H18O4. The number of esters is 1. The van der Waals surface area contributed by atoms with Crippen molar-refractivity contribution in [1.82, 2.24) is 0 Å². The van der Waals surface area contributed by atoms with Gasteiger partial charge >= 0.3 is 5.97 Å². The van der Waals surface area contributed by atoms with Crippen LogP contribution in [0.3, 0.4) is 0 Å². The van der Waals surface area contributed by atoms with Crippen LogP contribution in [-0.2, 0) is 9.53 Å². The van der Waals surface area contributed by atoms with E-state index in [9.17, 15) is 4.79 Å². The number of carbonyl (C=O) groups excluding carboxylic acids is 1. The minimum atomic E-state index is -0.104. The minimum Gasteiger partial charge on any atom is -0.493 e. The van der Waals surface area contributed by atoms with Crippen LogP contribution in [-0.4, -0.2) is 26.3 Å². The van der Waals surface area contributed by atoms with Crippen molar-refractivity contribution in [2.45, 2.75) is 31.8 Å². The van der Waals surface area contributed by atoms with Gasteiger partial charge in [0.15, 0.2) is 11.5 Å². The van der Waals surface area contributed by atoms with Crippen LogP contribution in [0.5, 0.6) is 11.5 Å². The molecule has 1 aliphatic heterocycles. The van der Waals surface area contributed by atoms with Crippen LogP contribution < -0.4 is 9.47 Å². The summed E-state index contributed by atoms with van der Waals surface area (Å²) in [6.45, 7) is 2.06. The first-order valence-corrected chi connectivity index (χ1v) is 6.07. The monoisotopic (exact) mass is 250 g/mol. The van der Waals surface area contributed by atoms with Gasteiger partial charge in [-0.3, -0.25) is 4.79 Å². The Balaban J connectivity index is 2.20. The number of carbonyl (C=O) groups is 1. The summed E-state index contributed by atoms with van der Waals surface area (Å²) in [6, 6.07) is 5.80. The van der Waals surface area contributed by atoms with Gasteiger partial charge in [-0.2, -0.15) is 0 Å². The first-order chi connectivity index (χ1) is 8.65. The third kappa shape index (κ3) is 2.42. The third-order valence-corrected chi connectivity index (χ3v) is 3.41. The van der Waals surface area contributed by atoms with E-state index < -0.39 is 0 Å². The molecule has 4 nitrogen and oxygen atoms in total. The molecule has 1 aliphatic rings. The molecule has 0 bridgehead atoms. The van der Waals surface area contributed by atoms with Crippen molar-refractivity contribution >= 4 is 5.97 Å². The zero-order chi connectivity index (χ0) is 13.1. The van der Waals surface area contributed by atoms with E-state index in [0.29, 0.717) is 17.9 Å². The maximum Gasteiger partial charge on any atom is 0.306 e. The molecule has 0 aliphatic carbocycles. The Hall–Kier alpha value is -1.71. The summed E-state index contributed by atoms with van der Waals surface area (Å²) < 4.78 is 15.8. The van der Waals surface area contributed by atoms with Crippen molar-refractivity contribution < 1.29 is 19.0 Å². The topological polar surface area (TPSA) is 44.8 Å². The Morgan fingerprint density at radius 1 is 1.28 bits per heavy atom. The highest BCUT2D eigenvalue weighted by molar-refractivity contribution is 5.71. The molecular weight excluding hydrogens is 232 g/mol. The van der Waals surface area contributed by atoms with Gasteiger partial charge in [0.25, 0.3) is 0 Å². The number of methoxy groups -OCH3 is 2. The Kier molecular flexibility index (Phi) is 3.75. The van der Waals surface area contributed by atoms with E-state index in [1.54, 1.807) is 14.2 Å². The number of hydrogen-bond donors (Lipinski definition) is 0. The van der Waals surface area contributed by atoms with Crippen LogP contribution in [0, 0.1) is 0 Å². The van der Waals surface area contributed by atoms with Gasteiger partial charge < -0.3 is 14.2 Å². The average Bonchev–Trinajstić information content (AvgIpc) is 2.83. The van der Waals surface area contributed by atoms with Gasteiger partial charge in [0.1, 0.15) is 6.10 Å². The largest absolute Gasteiger partial charge is 0.493 e. The molecule has 2 rings (SSSR count). The van der Waals surface area contributed by atoms with Gasteiger partial charge in [0.2, 0.25) is 0 Å². The lowest BCUT2D eigenvalue weighted by atomic mass is 9.93. The predicted molar refractivity (Wildman–Crippen MR) is 67.1 cm³/mol. The van der Waals surface area contributed by atoms with Crippen LogP contribution in [0.1, 0.15) is 31.2 Å². The van der Waals surface area contributed by atoms with Crippen molar-refractivity contribution in [2.24, 2.45) is 0 Å². The maximum absolute atomic E-state index is 11.1. The summed E-state index contributed by atoms with van der Waals surface area (Å²) >= 11 is 0. The summed E-state index contributed by atoms with van der Waals surface area (Å²) in [5.74, 6) is 1.46. The number of hydrogen-bond acceptors (Lipinski definition) is 4. The second kappa shape index (κ2) is 5.29. The molecule has 0 saturated carbocycles. The number of ether oxygens (including phenoxy) is 3. The molecule has 1 aromatic rings. The highest BCUT2D eigenvalue weighted by atomic mass is 16.5. The summed E-state index contributed by atoms with van der Waals surface area (Å²) in [7, 11) is 3.22. The molecule has 18 heavy (non-hydrogen) atoms. The van der Waals surface area contributed by atoms with Crippen molar-refractivity contribution in [3.05, 3.63) is 23.8 Å². The Morgan fingerprint density at radius 3 is 2.56 bits per heavy atom. The number of benzene rings is 1. The molecule has 1 heterocycles. The number of rotatable bonds is 4. The lowest BCUT2D eigenvalue weighted by Crippen LogP contribution is -2.15. The van der Waals surface area contributed by atoms with Gasteiger partial charge in [-0.15, -0.1) is 0 Å². The van der Waals surface area contributed by atoms with Crippen LogP contribution in [0.2, 0.25) is 0 Å². The molecule has 0 N–H and O–H groups in total. The van der Waals surface area contributed by atoms with Crippen molar-refractivity contribution in [2.75, 3.05) is 14.2 Å². The van der Waals surface area contributed by atoms with E-state index in [1.807, 2.05) is 18.2 Å². The van der Waals surface area contributed by atoms with Crippen LogP contribution in [0.25, 0.3) is 0 Å². The highest BCUT2D eigenvalue weighted by Gasteiger charge is 2.29. The van der Waals surface area contributed by atoms with Crippen molar-refractivity contribution in [3.8, 4) is 11.5 Å². The lowest BCUT2D eigenvalue weighted by molar-refractivity contribution is -0.142. The van der Waals surface area contributed by atoms with Crippen LogP contribution in [0.15, 0.2) is 18.2 Å². The van der Waals surface area contributed by atoms with Crippen molar-refractivity contribution in [1.29, 1.82) is 0 Å². The molecule has 98 valence electrons. The van der Waals surface area contributed by atoms with Crippen LogP contribution in [0.4, 0.5) is 0 Å². The molecule has 0 amide bonds. The summed E-state index contributed by atoms with van der Waals surface area (Å²) in [5.41, 5.74) is 1.09. The quantitative estimate of drug-likeness (QED) is 0.770. The standard InChI is InChI=1S/C14H18O4/c1-9(11-6-7-14(15)18-11)10-4-5-12(16-2)13(8-10)17-3/h4-5,8-9,11H,6-7H2,1-3H3/t9-,11-/m1/s1. The molecule has 1 saturated heterocycles. The van der Waals surface area contributed by atoms with E-state index in [0.717, 1.165) is 12.0 Å².